The highest BCUT2D eigenvalue weighted by atomic mass is 32.1. The van der Waals surface area contributed by atoms with E-state index in [2.05, 4.69) is 65.6 Å². The van der Waals surface area contributed by atoms with Gasteiger partial charge >= 0.3 is 0 Å². The third-order valence-electron chi connectivity index (χ3n) is 5.54. The number of nitrogens with two attached hydrogens (primary N) is 1. The molecule has 0 saturated carbocycles. The van der Waals surface area contributed by atoms with Crippen molar-refractivity contribution < 1.29 is 4.79 Å². The standard InChI is InChI=1S/C24H27N3OS/c25-22(18-21-12-7-17-29-21)24(28)27-15-13-26(14-16-27)23(19-8-3-1-4-9-19)20-10-5-2-6-11-20/h1-12,17,22-23H,13-16,18,25H2. The molecular formula is C24H27N3OS. The summed E-state index contributed by atoms with van der Waals surface area (Å²) in [6.07, 6.45) is 0.618. The molecular weight excluding hydrogens is 378 g/mol. The first-order chi connectivity index (χ1) is 14.2. The van der Waals surface area contributed by atoms with Gasteiger partial charge in [-0.1, -0.05) is 66.7 Å². The largest absolute Gasteiger partial charge is 0.339 e. The minimum atomic E-state index is -0.459. The van der Waals surface area contributed by atoms with Crippen LogP contribution in [0.4, 0.5) is 0 Å². The predicted octanol–water partition coefficient (Wildman–Crippen LogP) is 3.55. The molecule has 4 nitrogen and oxygen atoms in total. The molecule has 1 atom stereocenters. The lowest BCUT2D eigenvalue weighted by Gasteiger charge is -2.40. The molecule has 29 heavy (non-hydrogen) atoms. The molecule has 0 spiro atoms. The molecule has 2 aromatic carbocycles. The molecule has 1 amide bonds. The van der Waals surface area contributed by atoms with Gasteiger partial charge in [0.1, 0.15) is 0 Å². The molecule has 1 aromatic heterocycles. The van der Waals surface area contributed by atoms with Crippen molar-refractivity contribution in [2.45, 2.75) is 18.5 Å². The Hall–Kier alpha value is -2.47. The van der Waals surface area contributed by atoms with E-state index in [1.54, 1.807) is 11.3 Å². The minimum absolute atomic E-state index is 0.0639. The molecule has 3 aromatic rings. The van der Waals surface area contributed by atoms with E-state index >= 15 is 0 Å². The van der Waals surface area contributed by atoms with Gasteiger partial charge in [0.2, 0.25) is 5.91 Å². The Balaban J connectivity index is 1.43. The third kappa shape index (κ3) is 4.75. The van der Waals surface area contributed by atoms with Crippen molar-refractivity contribution in [3.63, 3.8) is 0 Å². The van der Waals surface area contributed by atoms with Gasteiger partial charge in [-0.15, -0.1) is 11.3 Å². The van der Waals surface area contributed by atoms with Crippen LogP contribution >= 0.6 is 11.3 Å². The van der Waals surface area contributed by atoms with Gasteiger partial charge in [0.25, 0.3) is 0 Å². The first-order valence-corrected chi connectivity index (χ1v) is 11.0. The number of nitrogens with zero attached hydrogens (tertiary/aromatic N) is 2. The van der Waals surface area contributed by atoms with E-state index in [0.29, 0.717) is 19.5 Å². The summed E-state index contributed by atoms with van der Waals surface area (Å²) in [6.45, 7) is 3.11. The Morgan fingerprint density at radius 1 is 0.862 bits per heavy atom. The van der Waals surface area contributed by atoms with Crippen LogP contribution in [0.5, 0.6) is 0 Å². The second-order valence-corrected chi connectivity index (χ2v) is 8.51. The third-order valence-corrected chi connectivity index (χ3v) is 6.44. The van der Waals surface area contributed by atoms with Crippen LogP contribution in [0.3, 0.4) is 0 Å². The number of thiophene rings is 1. The second-order valence-electron chi connectivity index (χ2n) is 7.48. The quantitative estimate of drug-likeness (QED) is 0.682. The van der Waals surface area contributed by atoms with Crippen molar-refractivity contribution in [1.29, 1.82) is 0 Å². The first-order valence-electron chi connectivity index (χ1n) is 10.1. The van der Waals surface area contributed by atoms with Crippen molar-refractivity contribution >= 4 is 17.2 Å². The summed E-state index contributed by atoms with van der Waals surface area (Å²) >= 11 is 1.66. The smallest absolute Gasteiger partial charge is 0.239 e. The number of rotatable bonds is 6. The first kappa shape index (κ1) is 19.8. The monoisotopic (exact) mass is 405 g/mol. The number of amides is 1. The van der Waals surface area contributed by atoms with Crippen LogP contribution in [-0.4, -0.2) is 47.9 Å². The lowest BCUT2D eigenvalue weighted by atomic mass is 9.96. The Labute approximate surface area is 176 Å². The number of benzene rings is 2. The molecule has 0 bridgehead atoms. The summed E-state index contributed by atoms with van der Waals surface area (Å²) < 4.78 is 0. The molecule has 1 unspecified atom stereocenters. The van der Waals surface area contributed by atoms with Crippen LogP contribution < -0.4 is 5.73 Å². The van der Waals surface area contributed by atoms with E-state index < -0.39 is 6.04 Å². The Morgan fingerprint density at radius 3 is 1.97 bits per heavy atom. The summed E-state index contributed by atoms with van der Waals surface area (Å²) in [7, 11) is 0. The summed E-state index contributed by atoms with van der Waals surface area (Å²) in [5.74, 6) is 0.0639. The zero-order valence-electron chi connectivity index (χ0n) is 16.5. The molecule has 150 valence electrons. The molecule has 1 aliphatic heterocycles. The molecule has 0 radical (unpaired) electrons. The summed E-state index contributed by atoms with van der Waals surface area (Å²) in [6, 6.07) is 25.0. The Kier molecular flexibility index (Phi) is 6.39. The van der Waals surface area contributed by atoms with Gasteiger partial charge in [0.15, 0.2) is 0 Å². The number of piperazine rings is 1. The van der Waals surface area contributed by atoms with E-state index in [4.69, 9.17) is 5.73 Å². The Morgan fingerprint density at radius 2 is 1.45 bits per heavy atom. The second kappa shape index (κ2) is 9.35. The molecule has 5 heteroatoms. The van der Waals surface area contributed by atoms with E-state index in [0.717, 1.165) is 18.0 Å². The fourth-order valence-corrected chi connectivity index (χ4v) is 4.82. The molecule has 0 aliphatic carbocycles. The van der Waals surface area contributed by atoms with Crippen LogP contribution in [0.1, 0.15) is 22.0 Å². The molecule has 1 saturated heterocycles. The van der Waals surface area contributed by atoms with Crippen molar-refractivity contribution in [2.24, 2.45) is 5.73 Å². The fraction of sp³-hybridized carbons (Fsp3) is 0.292. The summed E-state index contributed by atoms with van der Waals surface area (Å²) in [4.78, 5) is 18.4. The van der Waals surface area contributed by atoms with Gasteiger partial charge in [0, 0.05) is 37.5 Å². The van der Waals surface area contributed by atoms with Gasteiger partial charge in [-0.3, -0.25) is 9.69 Å². The maximum atomic E-state index is 12.8. The molecule has 1 aliphatic rings. The Bertz CT molecular complexity index is 851. The summed E-state index contributed by atoms with van der Waals surface area (Å²) in [5.41, 5.74) is 8.79. The molecule has 2 N–H and O–H groups in total. The van der Waals surface area contributed by atoms with Gasteiger partial charge in [-0.05, 0) is 22.6 Å². The van der Waals surface area contributed by atoms with E-state index in [1.807, 2.05) is 22.4 Å². The number of hydrogen-bond donors (Lipinski definition) is 1. The van der Waals surface area contributed by atoms with E-state index in [9.17, 15) is 4.79 Å². The van der Waals surface area contributed by atoms with Crippen molar-refractivity contribution in [1.82, 2.24) is 9.80 Å². The zero-order valence-corrected chi connectivity index (χ0v) is 17.3. The molecule has 1 fully saturated rings. The van der Waals surface area contributed by atoms with Crippen LogP contribution in [-0.2, 0) is 11.2 Å². The number of carbonyl (C=O) groups excluding carboxylic acids is 1. The fourth-order valence-electron chi connectivity index (χ4n) is 4.05. The van der Waals surface area contributed by atoms with Crippen LogP contribution in [0.15, 0.2) is 78.2 Å². The SMILES string of the molecule is NC(Cc1cccs1)C(=O)N1CCN(C(c2ccccc2)c2ccccc2)CC1. The normalized spacial score (nSPS) is 16.1. The maximum absolute atomic E-state index is 12.8. The van der Waals surface area contributed by atoms with Crippen LogP contribution in [0.25, 0.3) is 0 Å². The average Bonchev–Trinajstić information content (AvgIpc) is 3.28. The highest BCUT2D eigenvalue weighted by molar-refractivity contribution is 7.09. The maximum Gasteiger partial charge on any atom is 0.239 e. The summed E-state index contributed by atoms with van der Waals surface area (Å²) in [5, 5.41) is 2.03. The zero-order chi connectivity index (χ0) is 20.1. The average molecular weight is 406 g/mol. The number of carbonyl (C=O) groups is 1. The van der Waals surface area contributed by atoms with Crippen LogP contribution in [0, 0.1) is 0 Å². The van der Waals surface area contributed by atoms with Gasteiger partial charge in [-0.2, -0.15) is 0 Å². The van der Waals surface area contributed by atoms with Gasteiger partial charge in [0.05, 0.1) is 12.1 Å². The molecule has 4 rings (SSSR count). The lowest BCUT2D eigenvalue weighted by molar-refractivity contribution is -0.134. The number of hydrogen-bond acceptors (Lipinski definition) is 4. The minimum Gasteiger partial charge on any atom is -0.339 e. The van der Waals surface area contributed by atoms with Crippen molar-refractivity contribution in [3.05, 3.63) is 94.2 Å². The van der Waals surface area contributed by atoms with Gasteiger partial charge in [-0.25, -0.2) is 0 Å². The van der Waals surface area contributed by atoms with E-state index in [1.165, 1.54) is 11.1 Å². The highest BCUT2D eigenvalue weighted by Gasteiger charge is 2.30. The topological polar surface area (TPSA) is 49.6 Å². The van der Waals surface area contributed by atoms with Crippen molar-refractivity contribution in [2.75, 3.05) is 26.2 Å². The van der Waals surface area contributed by atoms with Crippen molar-refractivity contribution in [3.8, 4) is 0 Å². The lowest BCUT2D eigenvalue weighted by Crippen LogP contribution is -2.54. The van der Waals surface area contributed by atoms with Gasteiger partial charge < -0.3 is 10.6 Å². The predicted molar refractivity (Wildman–Crippen MR) is 119 cm³/mol. The van der Waals surface area contributed by atoms with E-state index in [-0.39, 0.29) is 11.9 Å². The van der Waals surface area contributed by atoms with Crippen LogP contribution in [0.2, 0.25) is 0 Å². The highest BCUT2D eigenvalue weighted by Crippen LogP contribution is 2.29. The molecule has 2 heterocycles.